The van der Waals surface area contributed by atoms with E-state index in [0.29, 0.717) is 29.9 Å². The topological polar surface area (TPSA) is 98.6 Å². The SMILES string of the molecule is COC(=O)c1cccc(N2CCCCC2C(N)=O)c1N. The van der Waals surface area contributed by atoms with Gasteiger partial charge in [-0.25, -0.2) is 4.79 Å². The molecule has 108 valence electrons. The van der Waals surface area contributed by atoms with E-state index >= 15 is 0 Å². The van der Waals surface area contributed by atoms with Gasteiger partial charge in [0, 0.05) is 6.54 Å². The summed E-state index contributed by atoms with van der Waals surface area (Å²) in [5, 5.41) is 0. The van der Waals surface area contributed by atoms with Gasteiger partial charge in [0.05, 0.1) is 24.0 Å². The van der Waals surface area contributed by atoms with Crippen LogP contribution in [0.4, 0.5) is 11.4 Å². The second-order valence-electron chi connectivity index (χ2n) is 4.84. The number of nitrogens with zero attached hydrogens (tertiary/aromatic N) is 1. The molecule has 0 aliphatic carbocycles. The maximum atomic E-state index is 11.7. The Labute approximate surface area is 117 Å². The minimum absolute atomic E-state index is 0.304. The van der Waals surface area contributed by atoms with Gasteiger partial charge in [-0.15, -0.1) is 0 Å². The number of hydrogen-bond acceptors (Lipinski definition) is 5. The zero-order valence-electron chi connectivity index (χ0n) is 11.5. The van der Waals surface area contributed by atoms with E-state index in [0.717, 1.165) is 12.8 Å². The number of primary amides is 1. The molecule has 1 fully saturated rings. The third kappa shape index (κ3) is 2.54. The molecular weight excluding hydrogens is 258 g/mol. The number of piperidine rings is 1. The minimum Gasteiger partial charge on any atom is -0.465 e. The van der Waals surface area contributed by atoms with Crippen LogP contribution in [0.1, 0.15) is 29.6 Å². The van der Waals surface area contributed by atoms with Crippen LogP contribution in [0.3, 0.4) is 0 Å². The van der Waals surface area contributed by atoms with Crippen LogP contribution < -0.4 is 16.4 Å². The van der Waals surface area contributed by atoms with E-state index in [4.69, 9.17) is 16.2 Å². The van der Waals surface area contributed by atoms with Gasteiger partial charge in [-0.2, -0.15) is 0 Å². The zero-order valence-corrected chi connectivity index (χ0v) is 11.5. The lowest BCUT2D eigenvalue weighted by Gasteiger charge is -2.36. The normalized spacial score (nSPS) is 18.6. The van der Waals surface area contributed by atoms with Crippen molar-refractivity contribution in [3.8, 4) is 0 Å². The fourth-order valence-corrected chi connectivity index (χ4v) is 2.61. The lowest BCUT2D eigenvalue weighted by atomic mass is 9.99. The molecule has 20 heavy (non-hydrogen) atoms. The number of amides is 1. The molecule has 1 aromatic rings. The Bertz CT molecular complexity index is 530. The average Bonchev–Trinajstić information content (AvgIpc) is 2.46. The van der Waals surface area contributed by atoms with E-state index in [1.807, 2.05) is 4.90 Å². The molecule has 1 saturated heterocycles. The number of ether oxygens (including phenoxy) is 1. The first-order valence-corrected chi connectivity index (χ1v) is 6.59. The van der Waals surface area contributed by atoms with Crippen molar-refractivity contribution in [2.45, 2.75) is 25.3 Å². The maximum absolute atomic E-state index is 11.7. The molecule has 0 aromatic heterocycles. The summed E-state index contributed by atoms with van der Waals surface area (Å²) >= 11 is 0. The second-order valence-corrected chi connectivity index (χ2v) is 4.84. The first-order valence-electron chi connectivity index (χ1n) is 6.59. The molecule has 1 atom stereocenters. The van der Waals surface area contributed by atoms with Crippen LogP contribution in [0.15, 0.2) is 18.2 Å². The zero-order chi connectivity index (χ0) is 14.7. The highest BCUT2D eigenvalue weighted by atomic mass is 16.5. The van der Waals surface area contributed by atoms with E-state index in [1.54, 1.807) is 18.2 Å². The van der Waals surface area contributed by atoms with Gasteiger partial charge in [-0.1, -0.05) is 6.07 Å². The number of carbonyl (C=O) groups excluding carboxylic acids is 2. The highest BCUT2D eigenvalue weighted by Crippen LogP contribution is 2.32. The number of esters is 1. The van der Waals surface area contributed by atoms with Gasteiger partial charge >= 0.3 is 5.97 Å². The van der Waals surface area contributed by atoms with Crippen LogP contribution >= 0.6 is 0 Å². The molecule has 6 nitrogen and oxygen atoms in total. The van der Waals surface area contributed by atoms with E-state index in [1.165, 1.54) is 7.11 Å². The lowest BCUT2D eigenvalue weighted by molar-refractivity contribution is -0.119. The predicted molar refractivity (Wildman–Crippen MR) is 76.4 cm³/mol. The minimum atomic E-state index is -0.489. The summed E-state index contributed by atoms with van der Waals surface area (Å²) in [5.74, 6) is -0.857. The van der Waals surface area contributed by atoms with Crippen molar-refractivity contribution in [2.75, 3.05) is 24.3 Å². The van der Waals surface area contributed by atoms with Gasteiger partial charge in [0.2, 0.25) is 5.91 Å². The number of rotatable bonds is 3. The highest BCUT2D eigenvalue weighted by Gasteiger charge is 2.29. The fraction of sp³-hybridized carbons (Fsp3) is 0.429. The van der Waals surface area contributed by atoms with Crippen molar-refractivity contribution in [2.24, 2.45) is 5.73 Å². The predicted octanol–water partition coefficient (Wildman–Crippen LogP) is 0.900. The Balaban J connectivity index is 2.40. The first kappa shape index (κ1) is 14.2. The summed E-state index contributed by atoms with van der Waals surface area (Å²) in [6.07, 6.45) is 2.63. The molecule has 1 amide bonds. The number of anilines is 2. The summed E-state index contributed by atoms with van der Waals surface area (Å²) in [6.45, 7) is 0.697. The van der Waals surface area contributed by atoms with Crippen molar-refractivity contribution in [3.05, 3.63) is 23.8 Å². The molecule has 1 heterocycles. The Morgan fingerprint density at radius 1 is 1.35 bits per heavy atom. The molecule has 0 saturated carbocycles. The molecule has 6 heteroatoms. The Morgan fingerprint density at radius 2 is 2.10 bits per heavy atom. The molecule has 0 bridgehead atoms. The van der Waals surface area contributed by atoms with Gasteiger partial charge in [0.1, 0.15) is 6.04 Å². The second kappa shape index (κ2) is 5.81. The van der Waals surface area contributed by atoms with Gasteiger partial charge in [-0.3, -0.25) is 4.79 Å². The van der Waals surface area contributed by atoms with Crippen molar-refractivity contribution in [1.82, 2.24) is 0 Å². The summed E-state index contributed by atoms with van der Waals surface area (Å²) in [6, 6.07) is 4.75. The molecule has 4 N–H and O–H groups in total. The monoisotopic (exact) mass is 277 g/mol. The van der Waals surface area contributed by atoms with Crippen LogP contribution in [0.5, 0.6) is 0 Å². The Morgan fingerprint density at radius 3 is 2.75 bits per heavy atom. The summed E-state index contributed by atoms with van der Waals surface area (Å²) in [7, 11) is 1.31. The molecule has 1 unspecified atom stereocenters. The molecule has 0 spiro atoms. The summed E-state index contributed by atoms with van der Waals surface area (Å²) in [4.78, 5) is 25.1. The van der Waals surface area contributed by atoms with Crippen LogP contribution in [-0.4, -0.2) is 31.6 Å². The summed E-state index contributed by atoms with van der Waals surface area (Å²) in [5.41, 5.74) is 12.8. The number of hydrogen-bond donors (Lipinski definition) is 2. The van der Waals surface area contributed by atoms with Gasteiger partial charge in [0.15, 0.2) is 0 Å². The van der Waals surface area contributed by atoms with Crippen molar-refractivity contribution < 1.29 is 14.3 Å². The quantitative estimate of drug-likeness (QED) is 0.631. The van der Waals surface area contributed by atoms with E-state index in [-0.39, 0.29) is 11.9 Å². The fourth-order valence-electron chi connectivity index (χ4n) is 2.61. The number of para-hydroxylation sites is 1. The van der Waals surface area contributed by atoms with Gasteiger partial charge < -0.3 is 21.1 Å². The molecule has 1 aromatic carbocycles. The van der Waals surface area contributed by atoms with Crippen molar-refractivity contribution in [1.29, 1.82) is 0 Å². The number of nitrogen functional groups attached to an aromatic ring is 1. The van der Waals surface area contributed by atoms with E-state index in [9.17, 15) is 9.59 Å². The van der Waals surface area contributed by atoms with Crippen LogP contribution in [0.25, 0.3) is 0 Å². The Hall–Kier alpha value is -2.24. The number of nitrogens with two attached hydrogens (primary N) is 2. The average molecular weight is 277 g/mol. The molecule has 0 radical (unpaired) electrons. The first-order chi connectivity index (χ1) is 9.56. The maximum Gasteiger partial charge on any atom is 0.340 e. The van der Waals surface area contributed by atoms with Crippen molar-refractivity contribution in [3.63, 3.8) is 0 Å². The number of methoxy groups -OCH3 is 1. The number of carbonyl (C=O) groups is 2. The lowest BCUT2D eigenvalue weighted by Crippen LogP contribution is -2.48. The third-order valence-electron chi connectivity index (χ3n) is 3.63. The smallest absolute Gasteiger partial charge is 0.340 e. The van der Waals surface area contributed by atoms with Crippen LogP contribution in [-0.2, 0) is 9.53 Å². The molecule has 1 aliphatic rings. The van der Waals surface area contributed by atoms with Gasteiger partial charge in [-0.05, 0) is 31.4 Å². The van der Waals surface area contributed by atoms with Crippen LogP contribution in [0.2, 0.25) is 0 Å². The van der Waals surface area contributed by atoms with Gasteiger partial charge in [0.25, 0.3) is 0 Å². The number of benzene rings is 1. The standard InChI is InChI=1S/C14H19N3O3/c1-20-14(19)9-5-4-7-10(12(9)15)17-8-3-2-6-11(17)13(16)18/h4-5,7,11H,2-3,6,8,15H2,1H3,(H2,16,18). The summed E-state index contributed by atoms with van der Waals surface area (Å²) < 4.78 is 4.70. The molecule has 1 aliphatic heterocycles. The Kier molecular flexibility index (Phi) is 4.12. The van der Waals surface area contributed by atoms with Crippen molar-refractivity contribution >= 4 is 23.3 Å². The largest absolute Gasteiger partial charge is 0.465 e. The van der Waals surface area contributed by atoms with E-state index in [2.05, 4.69) is 0 Å². The third-order valence-corrected chi connectivity index (χ3v) is 3.63. The highest BCUT2D eigenvalue weighted by molar-refractivity contribution is 5.99. The van der Waals surface area contributed by atoms with E-state index < -0.39 is 5.97 Å². The molecule has 2 rings (SSSR count). The van der Waals surface area contributed by atoms with Crippen LogP contribution in [0, 0.1) is 0 Å². The molecular formula is C14H19N3O3.